The number of fused-ring (bicyclic) bond motifs is 2. The van der Waals surface area contributed by atoms with Crippen molar-refractivity contribution < 1.29 is 23.9 Å². The summed E-state index contributed by atoms with van der Waals surface area (Å²) in [5.74, 6) is -2.21. The van der Waals surface area contributed by atoms with Crippen LogP contribution >= 0.6 is 0 Å². The van der Waals surface area contributed by atoms with E-state index in [1.165, 1.54) is 6.07 Å². The molecule has 1 atom stereocenters. The first-order valence-electron chi connectivity index (χ1n) is 9.41. The number of esters is 1. The first-order chi connectivity index (χ1) is 13.6. The van der Waals surface area contributed by atoms with Gasteiger partial charge in [0.25, 0.3) is 0 Å². The summed E-state index contributed by atoms with van der Waals surface area (Å²) in [4.78, 5) is 53.0. The van der Waals surface area contributed by atoms with Crippen LogP contribution < -0.4 is 0 Å². The van der Waals surface area contributed by atoms with Gasteiger partial charge in [-0.25, -0.2) is 0 Å². The van der Waals surface area contributed by atoms with E-state index >= 15 is 0 Å². The van der Waals surface area contributed by atoms with E-state index in [-0.39, 0.29) is 23.1 Å². The van der Waals surface area contributed by atoms with Crippen molar-refractivity contribution in [1.29, 1.82) is 0 Å². The van der Waals surface area contributed by atoms with Crippen molar-refractivity contribution in [3.8, 4) is 0 Å². The van der Waals surface area contributed by atoms with Crippen LogP contribution in [0, 0.1) is 5.41 Å². The molecule has 0 amide bonds. The molecule has 2 aliphatic rings. The Bertz CT molecular complexity index is 1120. The normalized spacial score (nSPS) is 20.8. The SMILES string of the molecule is CC(C)(C)OC(=O)[C@]1(C2=CC(=O)c3ccccc3C2=O)Cc2ccccc2C1=O. The molecule has 146 valence electrons. The average molecular weight is 388 g/mol. The molecular weight excluding hydrogens is 368 g/mol. The lowest BCUT2D eigenvalue weighted by Gasteiger charge is -2.32. The van der Waals surface area contributed by atoms with Crippen molar-refractivity contribution >= 4 is 23.3 Å². The van der Waals surface area contributed by atoms with Gasteiger partial charge in [-0.2, -0.15) is 0 Å². The minimum Gasteiger partial charge on any atom is -0.459 e. The van der Waals surface area contributed by atoms with Crippen molar-refractivity contribution in [2.24, 2.45) is 5.41 Å². The molecule has 0 N–H and O–H groups in total. The number of allylic oxidation sites excluding steroid dienone is 1. The lowest BCUT2D eigenvalue weighted by molar-refractivity contribution is -0.162. The third-order valence-electron chi connectivity index (χ3n) is 5.27. The molecule has 5 heteroatoms. The van der Waals surface area contributed by atoms with Gasteiger partial charge in [0.05, 0.1) is 0 Å². The Labute approximate surface area is 168 Å². The molecule has 0 aromatic heterocycles. The second-order valence-corrected chi connectivity index (χ2v) is 8.37. The molecule has 0 spiro atoms. The second kappa shape index (κ2) is 6.34. The van der Waals surface area contributed by atoms with E-state index in [0.717, 1.165) is 6.08 Å². The molecule has 2 aliphatic carbocycles. The van der Waals surface area contributed by atoms with Gasteiger partial charge in [0.2, 0.25) is 0 Å². The smallest absolute Gasteiger partial charge is 0.325 e. The van der Waals surface area contributed by atoms with E-state index in [1.807, 2.05) is 0 Å². The predicted molar refractivity (Wildman–Crippen MR) is 106 cm³/mol. The minimum atomic E-state index is -1.86. The third-order valence-corrected chi connectivity index (χ3v) is 5.27. The fourth-order valence-corrected chi connectivity index (χ4v) is 3.98. The molecule has 0 aliphatic heterocycles. The highest BCUT2D eigenvalue weighted by Gasteiger charge is 2.58. The number of carbonyl (C=O) groups excluding carboxylic acids is 4. The van der Waals surface area contributed by atoms with Crippen LogP contribution in [0.15, 0.2) is 60.2 Å². The summed E-state index contributed by atoms with van der Waals surface area (Å²) in [6, 6.07) is 13.3. The van der Waals surface area contributed by atoms with Crippen molar-refractivity contribution in [2.45, 2.75) is 32.8 Å². The maximum absolute atomic E-state index is 13.5. The molecule has 5 nitrogen and oxygen atoms in total. The topological polar surface area (TPSA) is 77.5 Å². The number of Topliss-reactive ketones (excluding diaryl/α,β-unsaturated/α-hetero) is 2. The lowest BCUT2D eigenvalue weighted by atomic mass is 9.70. The second-order valence-electron chi connectivity index (χ2n) is 8.37. The number of hydrogen-bond donors (Lipinski definition) is 0. The number of hydrogen-bond acceptors (Lipinski definition) is 5. The molecule has 0 saturated heterocycles. The number of ketones is 3. The van der Waals surface area contributed by atoms with E-state index in [1.54, 1.807) is 63.2 Å². The average Bonchev–Trinajstić information content (AvgIpc) is 2.97. The van der Waals surface area contributed by atoms with E-state index < -0.39 is 34.3 Å². The van der Waals surface area contributed by atoms with Gasteiger partial charge in [-0.05, 0) is 32.4 Å². The van der Waals surface area contributed by atoms with Gasteiger partial charge in [-0.1, -0.05) is 48.5 Å². The van der Waals surface area contributed by atoms with Crippen LogP contribution in [0.1, 0.15) is 57.4 Å². The van der Waals surface area contributed by atoms with Crippen molar-refractivity contribution in [1.82, 2.24) is 0 Å². The minimum absolute atomic E-state index is 0.00998. The molecule has 0 radical (unpaired) electrons. The van der Waals surface area contributed by atoms with E-state index in [4.69, 9.17) is 4.74 Å². The molecular formula is C24H20O5. The van der Waals surface area contributed by atoms with Gasteiger partial charge < -0.3 is 4.74 Å². The summed E-state index contributed by atoms with van der Waals surface area (Å²) in [5, 5.41) is 0. The highest BCUT2D eigenvalue weighted by molar-refractivity contribution is 6.32. The fourth-order valence-electron chi connectivity index (χ4n) is 3.98. The Kier molecular flexibility index (Phi) is 4.15. The van der Waals surface area contributed by atoms with Crippen LogP contribution in [0.25, 0.3) is 0 Å². The maximum atomic E-state index is 13.5. The molecule has 0 heterocycles. The summed E-state index contributed by atoms with van der Waals surface area (Å²) in [7, 11) is 0. The summed E-state index contributed by atoms with van der Waals surface area (Å²) >= 11 is 0. The molecule has 0 bridgehead atoms. The zero-order valence-electron chi connectivity index (χ0n) is 16.4. The summed E-state index contributed by atoms with van der Waals surface area (Å²) in [6.45, 7) is 5.09. The van der Waals surface area contributed by atoms with E-state index in [9.17, 15) is 19.2 Å². The Hall–Kier alpha value is -3.34. The van der Waals surface area contributed by atoms with Gasteiger partial charge in [0, 0.05) is 28.7 Å². The standard InChI is InChI=1S/C24H20O5/c1-23(2,3)29-22(28)24(13-14-8-4-5-9-15(14)21(24)27)18-12-19(25)16-10-6-7-11-17(16)20(18)26/h4-12H,13H2,1-3H3/t24-/m0/s1. The Morgan fingerprint density at radius 1 is 0.897 bits per heavy atom. The van der Waals surface area contributed by atoms with E-state index in [0.29, 0.717) is 11.1 Å². The van der Waals surface area contributed by atoms with Gasteiger partial charge in [0.1, 0.15) is 5.60 Å². The fraction of sp³-hybridized carbons (Fsp3) is 0.250. The van der Waals surface area contributed by atoms with Crippen LogP contribution in [0.2, 0.25) is 0 Å². The van der Waals surface area contributed by atoms with Gasteiger partial charge >= 0.3 is 5.97 Å². The van der Waals surface area contributed by atoms with Crippen LogP contribution in [0.3, 0.4) is 0 Å². The van der Waals surface area contributed by atoms with Crippen molar-refractivity contribution in [2.75, 3.05) is 0 Å². The Balaban J connectivity index is 1.92. The highest BCUT2D eigenvalue weighted by atomic mass is 16.6. The van der Waals surface area contributed by atoms with Crippen LogP contribution in [-0.4, -0.2) is 28.9 Å². The highest BCUT2D eigenvalue weighted by Crippen LogP contribution is 2.46. The zero-order chi connectivity index (χ0) is 21.0. The van der Waals surface area contributed by atoms with Gasteiger partial charge in [-0.15, -0.1) is 0 Å². The first-order valence-corrected chi connectivity index (χ1v) is 9.41. The number of carbonyl (C=O) groups is 4. The Morgan fingerprint density at radius 2 is 1.48 bits per heavy atom. The van der Waals surface area contributed by atoms with Gasteiger partial charge in [0.15, 0.2) is 22.8 Å². The molecule has 0 saturated carbocycles. The molecule has 29 heavy (non-hydrogen) atoms. The molecule has 2 aromatic carbocycles. The summed E-state index contributed by atoms with van der Waals surface area (Å²) in [5.41, 5.74) is -1.35. The van der Waals surface area contributed by atoms with Crippen LogP contribution in [-0.2, 0) is 16.0 Å². The number of benzene rings is 2. The largest absolute Gasteiger partial charge is 0.459 e. The monoisotopic (exact) mass is 388 g/mol. The van der Waals surface area contributed by atoms with Crippen LogP contribution in [0.5, 0.6) is 0 Å². The van der Waals surface area contributed by atoms with Gasteiger partial charge in [-0.3, -0.25) is 19.2 Å². The maximum Gasteiger partial charge on any atom is 0.325 e. The third kappa shape index (κ3) is 2.85. The molecule has 4 rings (SSSR count). The number of ether oxygens (including phenoxy) is 1. The molecule has 2 aromatic rings. The zero-order valence-corrected chi connectivity index (χ0v) is 16.4. The molecule has 0 fully saturated rings. The van der Waals surface area contributed by atoms with Crippen molar-refractivity contribution in [3.05, 3.63) is 82.4 Å². The predicted octanol–water partition coefficient (Wildman–Crippen LogP) is 3.76. The van der Waals surface area contributed by atoms with E-state index in [2.05, 4.69) is 0 Å². The quantitative estimate of drug-likeness (QED) is 0.578. The summed E-state index contributed by atoms with van der Waals surface area (Å²) in [6.07, 6.45) is 1.13. The number of rotatable bonds is 2. The lowest BCUT2D eigenvalue weighted by Crippen LogP contribution is -2.46. The Morgan fingerprint density at radius 3 is 2.10 bits per heavy atom. The first kappa shape index (κ1) is 19.0. The van der Waals surface area contributed by atoms with Crippen molar-refractivity contribution in [3.63, 3.8) is 0 Å². The van der Waals surface area contributed by atoms with Crippen LogP contribution in [0.4, 0.5) is 0 Å². The molecule has 0 unspecified atom stereocenters. The summed E-state index contributed by atoms with van der Waals surface area (Å²) < 4.78 is 5.59.